The Balaban J connectivity index is 2.00. The molecule has 0 aliphatic carbocycles. The van der Waals surface area contributed by atoms with Gasteiger partial charge >= 0.3 is 11.9 Å². The number of imide groups is 1. The number of aromatic nitrogens is 1. The zero-order valence-electron chi connectivity index (χ0n) is 18.7. The van der Waals surface area contributed by atoms with Crippen molar-refractivity contribution in [3.8, 4) is 11.3 Å². The highest BCUT2D eigenvalue weighted by Crippen LogP contribution is 2.44. The normalized spacial score (nSPS) is 11.1. The molecule has 0 bridgehead atoms. The number of rotatable bonds is 7. The molecule has 2 aromatic carbocycles. The van der Waals surface area contributed by atoms with E-state index < -0.39 is 17.4 Å². The number of ketones is 1. The SMILES string of the molecule is CC(=O)Cc1sc(C(C)(C)c2c(Cl)cc(NC(=O)NC(=O)C=[NH2+])cc2Cl)nc1-c1ccccc1. The number of carbonyl (C=O) groups excluding carboxylic acids is 3. The van der Waals surface area contributed by atoms with Crippen molar-refractivity contribution in [1.82, 2.24) is 10.3 Å². The van der Waals surface area contributed by atoms with E-state index in [1.807, 2.05) is 49.5 Å². The van der Waals surface area contributed by atoms with Gasteiger partial charge in [-0.25, -0.2) is 9.78 Å². The number of anilines is 1. The molecule has 0 atom stereocenters. The molecule has 3 amide bonds. The van der Waals surface area contributed by atoms with E-state index in [1.54, 1.807) is 19.1 Å². The highest BCUT2D eigenvalue weighted by molar-refractivity contribution is 7.12. The fourth-order valence-electron chi connectivity index (χ4n) is 3.45. The van der Waals surface area contributed by atoms with E-state index in [1.165, 1.54) is 11.3 Å². The molecule has 0 saturated carbocycles. The Labute approximate surface area is 211 Å². The summed E-state index contributed by atoms with van der Waals surface area (Å²) in [5.74, 6) is -0.701. The first-order valence-corrected chi connectivity index (χ1v) is 11.8. The second-order valence-electron chi connectivity index (χ2n) is 8.09. The zero-order valence-corrected chi connectivity index (χ0v) is 21.1. The number of amides is 3. The molecule has 3 rings (SSSR count). The fourth-order valence-corrected chi connectivity index (χ4v) is 5.67. The van der Waals surface area contributed by atoms with E-state index >= 15 is 0 Å². The molecule has 0 aliphatic heterocycles. The van der Waals surface area contributed by atoms with E-state index in [0.29, 0.717) is 21.3 Å². The van der Waals surface area contributed by atoms with Crippen LogP contribution < -0.4 is 16.0 Å². The average molecular weight is 518 g/mol. The predicted molar refractivity (Wildman–Crippen MR) is 136 cm³/mol. The van der Waals surface area contributed by atoms with Crippen LogP contribution >= 0.6 is 34.5 Å². The maximum absolute atomic E-state index is 11.9. The van der Waals surface area contributed by atoms with Crippen molar-refractivity contribution in [2.45, 2.75) is 32.6 Å². The van der Waals surface area contributed by atoms with Crippen LogP contribution in [0.5, 0.6) is 0 Å². The lowest BCUT2D eigenvalue weighted by atomic mass is 9.85. The Morgan fingerprint density at radius 3 is 2.29 bits per heavy atom. The van der Waals surface area contributed by atoms with Crippen molar-refractivity contribution >= 4 is 64.2 Å². The van der Waals surface area contributed by atoms with Gasteiger partial charge in [-0.2, -0.15) is 0 Å². The molecule has 0 unspecified atom stereocenters. The molecule has 176 valence electrons. The number of hydrogen-bond acceptors (Lipinski definition) is 5. The van der Waals surface area contributed by atoms with Gasteiger partial charge in [-0.05, 0) is 32.9 Å². The quantitative estimate of drug-likeness (QED) is 0.410. The fraction of sp³-hybridized carbons (Fsp3) is 0.208. The molecule has 0 spiro atoms. The van der Waals surface area contributed by atoms with Gasteiger partial charge in [0.25, 0.3) is 0 Å². The summed E-state index contributed by atoms with van der Waals surface area (Å²) < 4.78 is 0. The van der Waals surface area contributed by atoms with Gasteiger partial charge in [-0.15, -0.1) is 11.3 Å². The van der Waals surface area contributed by atoms with Gasteiger partial charge in [0.05, 0.1) is 5.69 Å². The van der Waals surface area contributed by atoms with Gasteiger partial charge in [-0.1, -0.05) is 53.5 Å². The lowest BCUT2D eigenvalue weighted by molar-refractivity contribution is -0.130. The van der Waals surface area contributed by atoms with Gasteiger partial charge in [-0.3, -0.25) is 20.3 Å². The number of urea groups is 1. The van der Waals surface area contributed by atoms with Gasteiger partial charge in [0, 0.05) is 43.6 Å². The number of hydrogen-bond donors (Lipinski definition) is 3. The molecule has 10 heteroatoms. The van der Waals surface area contributed by atoms with Crippen molar-refractivity contribution in [2.24, 2.45) is 0 Å². The number of nitrogens with one attached hydrogen (secondary N) is 2. The van der Waals surface area contributed by atoms with E-state index in [4.69, 9.17) is 33.6 Å². The third-order valence-corrected chi connectivity index (χ3v) is 6.98. The molecule has 0 radical (unpaired) electrons. The largest absolute Gasteiger partial charge is 0.326 e. The Morgan fingerprint density at radius 1 is 1.12 bits per heavy atom. The third-order valence-electron chi connectivity index (χ3n) is 5.00. The first kappa shape index (κ1) is 25.6. The van der Waals surface area contributed by atoms with Crippen molar-refractivity contribution in [2.75, 3.05) is 5.32 Å². The Morgan fingerprint density at radius 2 is 1.74 bits per heavy atom. The molecule has 1 heterocycles. The smallest absolute Gasteiger partial charge is 0.308 e. The van der Waals surface area contributed by atoms with Crippen molar-refractivity contribution in [1.29, 1.82) is 0 Å². The van der Waals surface area contributed by atoms with E-state index in [2.05, 4.69) is 5.32 Å². The second kappa shape index (κ2) is 10.5. The number of thiazole rings is 1. The number of nitrogens with two attached hydrogens (primary N) is 1. The van der Waals surface area contributed by atoms with Crippen LogP contribution in [0.2, 0.25) is 10.0 Å². The summed E-state index contributed by atoms with van der Waals surface area (Å²) >= 11 is 14.7. The lowest BCUT2D eigenvalue weighted by Gasteiger charge is -2.26. The molecule has 0 saturated heterocycles. The van der Waals surface area contributed by atoms with Crippen LogP contribution in [-0.4, -0.2) is 28.9 Å². The molecule has 34 heavy (non-hydrogen) atoms. The van der Waals surface area contributed by atoms with Crippen LogP contribution in [0.25, 0.3) is 11.3 Å². The molecular weight excluding hydrogens is 495 g/mol. The monoisotopic (exact) mass is 517 g/mol. The molecule has 1 aromatic heterocycles. The van der Waals surface area contributed by atoms with E-state index in [9.17, 15) is 14.4 Å². The molecule has 3 aromatic rings. The second-order valence-corrected chi connectivity index (χ2v) is 9.98. The van der Waals surface area contributed by atoms with Gasteiger partial charge in [0.15, 0.2) is 0 Å². The molecule has 4 N–H and O–H groups in total. The number of nitrogens with zero attached hydrogens (tertiary/aromatic N) is 1. The van der Waals surface area contributed by atoms with Crippen LogP contribution in [0.3, 0.4) is 0 Å². The maximum atomic E-state index is 11.9. The van der Waals surface area contributed by atoms with Crippen molar-refractivity contribution in [3.05, 3.63) is 68.0 Å². The zero-order chi connectivity index (χ0) is 25.0. The van der Waals surface area contributed by atoms with Crippen molar-refractivity contribution in [3.63, 3.8) is 0 Å². The summed E-state index contributed by atoms with van der Waals surface area (Å²) in [7, 11) is 0. The van der Waals surface area contributed by atoms with Gasteiger partial charge in [0.2, 0.25) is 6.21 Å². The molecule has 0 fully saturated rings. The summed E-state index contributed by atoms with van der Waals surface area (Å²) in [6, 6.07) is 12.0. The first-order chi connectivity index (χ1) is 16.0. The van der Waals surface area contributed by atoms with Crippen LogP contribution in [0.1, 0.15) is 36.2 Å². The van der Waals surface area contributed by atoms with Crippen LogP contribution in [-0.2, 0) is 21.4 Å². The highest BCUT2D eigenvalue weighted by atomic mass is 35.5. The van der Waals surface area contributed by atoms with Gasteiger partial charge in [0.1, 0.15) is 10.8 Å². The molecule has 0 aliphatic rings. The standard InChI is InChI=1S/C24H22Cl2N4O3S/c1-13(31)9-18-21(14-7-5-4-6-8-14)30-22(34-18)24(2,3)20-16(25)10-15(11-17(20)26)28-23(33)29-19(32)12-27/h4-8,10-12,27H,9H2,1-3H3,(H2,28,29,32,33)/p+1. The lowest BCUT2D eigenvalue weighted by Crippen LogP contribution is -2.43. The Kier molecular flexibility index (Phi) is 7.86. The molecule has 7 nitrogen and oxygen atoms in total. The average Bonchev–Trinajstić information content (AvgIpc) is 3.17. The number of Topliss-reactive ketones (excluding diaryl/α,β-unsaturated/α-hetero) is 1. The number of carbonyl (C=O) groups is 3. The van der Waals surface area contributed by atoms with E-state index in [0.717, 1.165) is 27.4 Å². The van der Waals surface area contributed by atoms with Crippen LogP contribution in [0.4, 0.5) is 10.5 Å². The third kappa shape index (κ3) is 5.70. The summed E-state index contributed by atoms with van der Waals surface area (Å²) in [5, 5.41) is 11.0. The van der Waals surface area contributed by atoms with Gasteiger partial charge < -0.3 is 5.32 Å². The Bertz CT molecular complexity index is 1250. The minimum absolute atomic E-state index is 0.0423. The first-order valence-electron chi connectivity index (χ1n) is 10.2. The van der Waals surface area contributed by atoms with Crippen LogP contribution in [0, 0.1) is 0 Å². The summed E-state index contributed by atoms with van der Waals surface area (Å²) in [5.41, 5.74) is 1.90. The Hall–Kier alpha value is -3.07. The number of halogens is 2. The highest BCUT2D eigenvalue weighted by Gasteiger charge is 2.33. The van der Waals surface area contributed by atoms with E-state index in [-0.39, 0.29) is 12.2 Å². The number of benzene rings is 2. The summed E-state index contributed by atoms with van der Waals surface area (Å²) in [6.07, 6.45) is 1.01. The summed E-state index contributed by atoms with van der Waals surface area (Å²) in [4.78, 5) is 40.9. The van der Waals surface area contributed by atoms with Crippen LogP contribution in [0.15, 0.2) is 42.5 Å². The topological polar surface area (TPSA) is 114 Å². The maximum Gasteiger partial charge on any atom is 0.326 e. The minimum atomic E-state index is -0.771. The molecular formula is C24H23Cl2N4O3S+. The summed E-state index contributed by atoms with van der Waals surface area (Å²) in [6.45, 7) is 5.44. The predicted octanol–water partition coefficient (Wildman–Crippen LogP) is 4.05. The van der Waals surface area contributed by atoms with Crippen molar-refractivity contribution < 1.29 is 19.8 Å². The minimum Gasteiger partial charge on any atom is -0.308 e.